The van der Waals surface area contributed by atoms with E-state index in [1.54, 1.807) is 0 Å². The molecule has 2 aromatic carbocycles. The summed E-state index contributed by atoms with van der Waals surface area (Å²) in [5, 5.41) is 4.39. The monoisotopic (exact) mass is 435 g/mol. The zero-order valence-corrected chi connectivity index (χ0v) is 18.7. The van der Waals surface area contributed by atoms with Gasteiger partial charge in [-0.3, -0.25) is 0 Å². The van der Waals surface area contributed by atoms with E-state index in [1.807, 2.05) is 25.1 Å². The quantitative estimate of drug-likeness (QED) is 0.567. The van der Waals surface area contributed by atoms with Gasteiger partial charge in [-0.25, -0.2) is 8.42 Å². The third-order valence-electron chi connectivity index (χ3n) is 5.49. The van der Waals surface area contributed by atoms with E-state index < -0.39 is 9.84 Å². The molecule has 1 N–H and O–H groups in total. The molecule has 0 aromatic heterocycles. The van der Waals surface area contributed by atoms with Crippen molar-refractivity contribution in [3.8, 4) is 5.75 Å². The topological polar surface area (TPSA) is 55.4 Å². The van der Waals surface area contributed by atoms with Crippen molar-refractivity contribution in [2.24, 2.45) is 0 Å². The number of fused-ring (bicyclic) bond motifs is 1. The number of hydrogen-bond acceptors (Lipinski definition) is 4. The minimum Gasteiger partial charge on any atom is -0.494 e. The van der Waals surface area contributed by atoms with Gasteiger partial charge < -0.3 is 10.1 Å². The van der Waals surface area contributed by atoms with E-state index in [2.05, 4.69) is 36.5 Å². The van der Waals surface area contributed by atoms with Crippen molar-refractivity contribution in [1.82, 2.24) is 5.32 Å². The Morgan fingerprint density at radius 2 is 1.93 bits per heavy atom. The van der Waals surface area contributed by atoms with Crippen LogP contribution in [0.1, 0.15) is 55.3 Å². The number of ether oxygens (including phenoxy) is 1. The van der Waals surface area contributed by atoms with E-state index >= 15 is 0 Å². The maximum absolute atomic E-state index is 11.8. The predicted molar refractivity (Wildman–Crippen MR) is 120 cm³/mol. The van der Waals surface area contributed by atoms with E-state index in [1.165, 1.54) is 16.7 Å². The number of nitrogens with one attached hydrogen (secondary N) is 1. The molecule has 2 unspecified atom stereocenters. The maximum Gasteiger partial charge on any atom is 0.150 e. The summed E-state index contributed by atoms with van der Waals surface area (Å²) in [4.78, 5) is 0. The van der Waals surface area contributed by atoms with Gasteiger partial charge in [-0.2, -0.15) is 0 Å². The molecule has 0 fully saturated rings. The SMILES string of the molecule is CCCS(=O)(=O)CCCOc1ccc2c(c1)C(C(C)c1ccc(Cl)cc1)NCC2. The van der Waals surface area contributed by atoms with Crippen LogP contribution in [0.3, 0.4) is 0 Å². The molecule has 0 amide bonds. The lowest BCUT2D eigenvalue weighted by molar-refractivity contribution is 0.316. The Labute approximate surface area is 179 Å². The molecule has 2 aromatic rings. The summed E-state index contributed by atoms with van der Waals surface area (Å²) < 4.78 is 29.6. The third-order valence-corrected chi connectivity index (χ3v) is 7.68. The molecule has 0 saturated heterocycles. The van der Waals surface area contributed by atoms with Crippen LogP contribution in [-0.4, -0.2) is 33.1 Å². The Morgan fingerprint density at radius 3 is 2.66 bits per heavy atom. The molecule has 158 valence electrons. The van der Waals surface area contributed by atoms with Crippen LogP contribution in [0.4, 0.5) is 0 Å². The van der Waals surface area contributed by atoms with Crippen LogP contribution >= 0.6 is 11.6 Å². The van der Waals surface area contributed by atoms with E-state index in [0.717, 1.165) is 23.7 Å². The Morgan fingerprint density at radius 1 is 1.17 bits per heavy atom. The third kappa shape index (κ3) is 5.97. The highest BCUT2D eigenvalue weighted by atomic mass is 35.5. The first-order valence-electron chi connectivity index (χ1n) is 10.3. The molecule has 3 rings (SSSR count). The lowest BCUT2D eigenvalue weighted by atomic mass is 9.83. The summed E-state index contributed by atoms with van der Waals surface area (Å²) >= 11 is 6.04. The van der Waals surface area contributed by atoms with Gasteiger partial charge in [0.1, 0.15) is 15.6 Å². The van der Waals surface area contributed by atoms with Crippen LogP contribution in [0, 0.1) is 0 Å². The van der Waals surface area contributed by atoms with Gasteiger partial charge in [-0.1, -0.05) is 43.6 Å². The minimum absolute atomic E-state index is 0.184. The smallest absolute Gasteiger partial charge is 0.150 e. The van der Waals surface area contributed by atoms with E-state index in [9.17, 15) is 8.42 Å². The zero-order chi connectivity index (χ0) is 20.9. The molecule has 29 heavy (non-hydrogen) atoms. The molecule has 0 aliphatic carbocycles. The summed E-state index contributed by atoms with van der Waals surface area (Å²) in [6.07, 6.45) is 2.17. The van der Waals surface area contributed by atoms with Gasteiger partial charge in [-0.05, 0) is 66.8 Å². The molecule has 0 saturated carbocycles. The number of halogens is 1. The van der Waals surface area contributed by atoms with Crippen LogP contribution < -0.4 is 10.1 Å². The molecule has 1 aliphatic rings. The van der Waals surface area contributed by atoms with Crippen LogP contribution in [0.15, 0.2) is 42.5 Å². The number of rotatable bonds is 9. The fraction of sp³-hybridized carbons (Fsp3) is 0.478. The average Bonchev–Trinajstić information content (AvgIpc) is 2.71. The van der Waals surface area contributed by atoms with Crippen LogP contribution in [-0.2, 0) is 16.3 Å². The largest absolute Gasteiger partial charge is 0.494 e. The Hall–Kier alpha value is -1.56. The zero-order valence-electron chi connectivity index (χ0n) is 17.2. The second-order valence-electron chi connectivity index (χ2n) is 7.74. The first-order chi connectivity index (χ1) is 13.9. The standard InChI is InChI=1S/C23H30ClNO3S/c1-3-14-29(26,27)15-4-13-28-21-10-7-19-11-12-25-23(22(19)16-21)17(2)18-5-8-20(24)9-6-18/h5-10,16-17,23,25H,3-4,11-15H2,1-2H3. The van der Waals surface area contributed by atoms with Gasteiger partial charge in [0.15, 0.2) is 0 Å². The van der Waals surface area contributed by atoms with Gasteiger partial charge in [0.05, 0.1) is 12.4 Å². The molecule has 1 aliphatic heterocycles. The van der Waals surface area contributed by atoms with Crippen molar-refractivity contribution in [2.45, 2.75) is 45.1 Å². The molecule has 0 spiro atoms. The van der Waals surface area contributed by atoms with Crippen LogP contribution in [0.2, 0.25) is 5.02 Å². The number of sulfone groups is 1. The highest BCUT2D eigenvalue weighted by molar-refractivity contribution is 7.91. The van der Waals surface area contributed by atoms with Gasteiger partial charge in [0.2, 0.25) is 0 Å². The minimum atomic E-state index is -2.95. The lowest BCUT2D eigenvalue weighted by Gasteiger charge is -2.32. The van der Waals surface area contributed by atoms with Crippen molar-refractivity contribution < 1.29 is 13.2 Å². The van der Waals surface area contributed by atoms with Crippen LogP contribution in [0.25, 0.3) is 0 Å². The molecular formula is C23H30ClNO3S. The average molecular weight is 436 g/mol. The predicted octanol–water partition coefficient (Wildman–Crippen LogP) is 4.92. The van der Waals surface area contributed by atoms with Gasteiger partial charge in [0.25, 0.3) is 0 Å². The maximum atomic E-state index is 11.8. The molecule has 2 atom stereocenters. The van der Waals surface area contributed by atoms with E-state index in [0.29, 0.717) is 25.4 Å². The Bertz CT molecular complexity index is 912. The first kappa shape index (κ1) is 22.1. The summed E-state index contributed by atoms with van der Waals surface area (Å²) in [5.41, 5.74) is 3.84. The summed E-state index contributed by atoms with van der Waals surface area (Å²) in [6, 6.07) is 14.5. The fourth-order valence-corrected chi connectivity index (χ4v) is 5.45. The van der Waals surface area contributed by atoms with Crippen molar-refractivity contribution in [2.75, 3.05) is 24.7 Å². The normalized spacial score (nSPS) is 17.6. The highest BCUT2D eigenvalue weighted by Gasteiger charge is 2.26. The summed E-state index contributed by atoms with van der Waals surface area (Å²) in [6.45, 7) is 5.47. The molecule has 0 radical (unpaired) electrons. The number of benzene rings is 2. The van der Waals surface area contributed by atoms with Crippen molar-refractivity contribution in [3.05, 3.63) is 64.2 Å². The molecule has 0 bridgehead atoms. The van der Waals surface area contributed by atoms with Gasteiger partial charge >= 0.3 is 0 Å². The van der Waals surface area contributed by atoms with E-state index in [-0.39, 0.29) is 17.5 Å². The molecular weight excluding hydrogens is 406 g/mol. The fourth-order valence-electron chi connectivity index (χ4n) is 3.94. The van der Waals surface area contributed by atoms with Crippen molar-refractivity contribution in [3.63, 3.8) is 0 Å². The molecule has 1 heterocycles. The van der Waals surface area contributed by atoms with Crippen molar-refractivity contribution >= 4 is 21.4 Å². The van der Waals surface area contributed by atoms with E-state index in [4.69, 9.17) is 16.3 Å². The highest BCUT2D eigenvalue weighted by Crippen LogP contribution is 2.36. The van der Waals surface area contributed by atoms with Gasteiger partial charge in [0, 0.05) is 22.7 Å². The van der Waals surface area contributed by atoms with Crippen LogP contribution in [0.5, 0.6) is 5.75 Å². The number of hydrogen-bond donors (Lipinski definition) is 1. The molecule has 4 nitrogen and oxygen atoms in total. The summed E-state index contributed by atoms with van der Waals surface area (Å²) in [7, 11) is -2.95. The molecule has 6 heteroatoms. The van der Waals surface area contributed by atoms with Gasteiger partial charge in [-0.15, -0.1) is 0 Å². The first-order valence-corrected chi connectivity index (χ1v) is 12.5. The Balaban J connectivity index is 1.68. The Kier molecular flexibility index (Phi) is 7.60. The second kappa shape index (κ2) is 9.96. The second-order valence-corrected chi connectivity index (χ2v) is 10.5. The van der Waals surface area contributed by atoms with Crippen molar-refractivity contribution in [1.29, 1.82) is 0 Å². The summed E-state index contributed by atoms with van der Waals surface area (Å²) in [5.74, 6) is 1.53. The lowest BCUT2D eigenvalue weighted by Crippen LogP contribution is -2.33.